The van der Waals surface area contributed by atoms with E-state index in [1.54, 1.807) is 42.5 Å². The lowest BCUT2D eigenvalue weighted by Crippen LogP contribution is -2.05. The van der Waals surface area contributed by atoms with Crippen LogP contribution >= 0.6 is 11.6 Å². The number of carbonyl (C=O) groups excluding carboxylic acids is 1. The molecule has 0 fully saturated rings. The number of rotatable bonds is 5. The van der Waals surface area contributed by atoms with Crippen LogP contribution in [0.15, 0.2) is 47.1 Å². The molecule has 0 unspecified atom stereocenters. The Morgan fingerprint density at radius 3 is 2.46 bits per heavy atom. The summed E-state index contributed by atoms with van der Waals surface area (Å²) >= 11 is 5.97. The first-order valence-electron chi connectivity index (χ1n) is 7.65. The van der Waals surface area contributed by atoms with Crippen LogP contribution in [0, 0.1) is 0 Å². The van der Waals surface area contributed by atoms with Crippen molar-refractivity contribution in [1.82, 2.24) is 0 Å². The van der Waals surface area contributed by atoms with Gasteiger partial charge in [0.15, 0.2) is 17.2 Å². The topological polar surface area (TPSA) is 66.4 Å². The normalized spacial score (nSPS) is 14.8. The maximum absolute atomic E-state index is 12.2. The van der Waals surface area contributed by atoms with Crippen molar-refractivity contribution >= 4 is 29.5 Å². The van der Waals surface area contributed by atoms with E-state index in [4.69, 9.17) is 30.5 Å². The Morgan fingerprint density at radius 1 is 1.04 bits per heavy atom. The molecule has 0 saturated heterocycles. The van der Waals surface area contributed by atoms with Gasteiger partial charge in [0, 0.05) is 16.1 Å². The van der Waals surface area contributed by atoms with Crippen LogP contribution in [0.1, 0.15) is 11.1 Å². The first-order chi connectivity index (χ1) is 12.6. The molecule has 2 aromatic carbocycles. The number of ether oxygens (including phenoxy) is 4. The summed E-state index contributed by atoms with van der Waals surface area (Å²) < 4.78 is 21.3. The molecule has 0 bridgehead atoms. The average Bonchev–Trinajstić information content (AvgIpc) is 3.01. The second-order valence-electron chi connectivity index (χ2n) is 5.27. The van der Waals surface area contributed by atoms with Crippen molar-refractivity contribution in [3.8, 4) is 17.2 Å². The molecule has 0 aliphatic carbocycles. The van der Waals surface area contributed by atoms with Crippen LogP contribution in [0.4, 0.5) is 0 Å². The number of nitrogens with zero attached hydrogens (tertiary/aromatic N) is 1. The van der Waals surface area contributed by atoms with Gasteiger partial charge in [-0.25, -0.2) is 9.79 Å². The maximum Gasteiger partial charge on any atom is 0.363 e. The zero-order chi connectivity index (χ0) is 18.7. The van der Waals surface area contributed by atoms with Crippen LogP contribution < -0.4 is 14.2 Å². The zero-order valence-electron chi connectivity index (χ0n) is 14.4. The Bertz CT molecular complexity index is 920. The third-order valence-corrected chi connectivity index (χ3v) is 3.95. The number of esters is 1. The molecule has 26 heavy (non-hydrogen) atoms. The van der Waals surface area contributed by atoms with E-state index in [9.17, 15) is 4.79 Å². The van der Waals surface area contributed by atoms with Crippen molar-refractivity contribution in [2.24, 2.45) is 4.99 Å². The lowest BCUT2D eigenvalue weighted by atomic mass is 10.1. The molecular formula is C19H16ClNO5. The summed E-state index contributed by atoms with van der Waals surface area (Å²) in [5, 5.41) is 0.528. The smallest absolute Gasteiger partial charge is 0.363 e. The van der Waals surface area contributed by atoms with Crippen LogP contribution in [0.3, 0.4) is 0 Å². The van der Waals surface area contributed by atoms with E-state index < -0.39 is 5.97 Å². The molecule has 6 nitrogen and oxygen atoms in total. The predicted octanol–water partition coefficient (Wildman–Crippen LogP) is 3.71. The minimum Gasteiger partial charge on any atom is -0.493 e. The lowest BCUT2D eigenvalue weighted by Gasteiger charge is -2.14. The SMILES string of the molecule is COc1ccc(C=C2N=C(c3cccc(Cl)c3)OC2=O)c(OC)c1OC. The van der Waals surface area contributed by atoms with Crippen molar-refractivity contribution < 1.29 is 23.7 Å². The number of cyclic esters (lactones) is 1. The van der Waals surface area contributed by atoms with Crippen LogP contribution in [-0.4, -0.2) is 33.2 Å². The molecule has 1 heterocycles. The number of benzene rings is 2. The first-order valence-corrected chi connectivity index (χ1v) is 8.02. The van der Waals surface area contributed by atoms with E-state index >= 15 is 0 Å². The largest absolute Gasteiger partial charge is 0.493 e. The molecular weight excluding hydrogens is 358 g/mol. The Morgan fingerprint density at radius 2 is 1.81 bits per heavy atom. The summed E-state index contributed by atoms with van der Waals surface area (Å²) in [6, 6.07) is 10.4. The average molecular weight is 374 g/mol. The highest BCUT2D eigenvalue weighted by Crippen LogP contribution is 2.40. The van der Waals surface area contributed by atoms with Gasteiger partial charge in [0.1, 0.15) is 0 Å². The quantitative estimate of drug-likeness (QED) is 0.590. The number of aliphatic imine (C=N–C) groups is 1. The molecule has 7 heteroatoms. The Hall–Kier alpha value is -2.99. The Labute approximate surface area is 155 Å². The van der Waals surface area contributed by atoms with Gasteiger partial charge in [0.05, 0.1) is 21.3 Å². The van der Waals surface area contributed by atoms with E-state index in [-0.39, 0.29) is 11.6 Å². The maximum atomic E-state index is 12.2. The number of methoxy groups -OCH3 is 3. The highest BCUT2D eigenvalue weighted by molar-refractivity contribution is 6.31. The summed E-state index contributed by atoms with van der Waals surface area (Å²) in [6.07, 6.45) is 1.57. The molecule has 0 atom stereocenters. The van der Waals surface area contributed by atoms with Gasteiger partial charge in [-0.1, -0.05) is 17.7 Å². The van der Waals surface area contributed by atoms with Gasteiger partial charge >= 0.3 is 5.97 Å². The van der Waals surface area contributed by atoms with E-state index in [0.717, 1.165) is 0 Å². The Kier molecular flexibility index (Phi) is 5.14. The fourth-order valence-electron chi connectivity index (χ4n) is 2.54. The van der Waals surface area contributed by atoms with Gasteiger partial charge in [-0.05, 0) is 36.4 Å². The van der Waals surface area contributed by atoms with Gasteiger partial charge in [-0.2, -0.15) is 0 Å². The van der Waals surface area contributed by atoms with Gasteiger partial charge in [0.2, 0.25) is 11.6 Å². The standard InChI is InChI=1S/C19H16ClNO5/c1-23-15-8-7-11(16(24-2)17(15)25-3)10-14-19(22)26-18(21-14)12-5-4-6-13(20)9-12/h4-10H,1-3H3. The van der Waals surface area contributed by atoms with Gasteiger partial charge in [0.25, 0.3) is 0 Å². The molecule has 0 saturated carbocycles. The minimum absolute atomic E-state index is 0.144. The van der Waals surface area contributed by atoms with Crippen molar-refractivity contribution in [3.63, 3.8) is 0 Å². The van der Waals surface area contributed by atoms with Crippen LogP contribution in [0.25, 0.3) is 6.08 Å². The van der Waals surface area contributed by atoms with E-state index in [1.807, 2.05) is 0 Å². The molecule has 3 rings (SSSR count). The van der Waals surface area contributed by atoms with E-state index in [0.29, 0.717) is 33.4 Å². The third-order valence-electron chi connectivity index (χ3n) is 3.72. The molecule has 0 spiro atoms. The van der Waals surface area contributed by atoms with Gasteiger partial charge in [-0.3, -0.25) is 0 Å². The summed E-state index contributed by atoms with van der Waals surface area (Å²) in [4.78, 5) is 16.5. The van der Waals surface area contributed by atoms with Crippen LogP contribution in [-0.2, 0) is 9.53 Å². The second-order valence-corrected chi connectivity index (χ2v) is 5.71. The molecule has 0 amide bonds. The van der Waals surface area contributed by atoms with Gasteiger partial charge < -0.3 is 18.9 Å². The summed E-state index contributed by atoms with van der Waals surface area (Å²) in [5.74, 6) is 1.01. The number of hydrogen-bond donors (Lipinski definition) is 0. The first kappa shape index (κ1) is 17.8. The van der Waals surface area contributed by atoms with Gasteiger partial charge in [-0.15, -0.1) is 0 Å². The number of carbonyl (C=O) groups is 1. The minimum atomic E-state index is -0.559. The van der Waals surface area contributed by atoms with E-state index in [1.165, 1.54) is 21.3 Å². The summed E-state index contributed by atoms with van der Waals surface area (Å²) in [7, 11) is 4.55. The molecule has 134 valence electrons. The summed E-state index contributed by atoms with van der Waals surface area (Å²) in [6.45, 7) is 0. The monoisotopic (exact) mass is 373 g/mol. The zero-order valence-corrected chi connectivity index (χ0v) is 15.2. The van der Waals surface area contributed by atoms with Crippen molar-refractivity contribution in [1.29, 1.82) is 0 Å². The fourth-order valence-corrected chi connectivity index (χ4v) is 2.73. The van der Waals surface area contributed by atoms with Crippen LogP contribution in [0.2, 0.25) is 5.02 Å². The second kappa shape index (κ2) is 7.49. The molecule has 0 N–H and O–H groups in total. The molecule has 2 aromatic rings. The number of hydrogen-bond acceptors (Lipinski definition) is 6. The lowest BCUT2D eigenvalue weighted by molar-refractivity contribution is -0.129. The molecule has 1 aliphatic rings. The molecule has 0 aromatic heterocycles. The molecule has 0 radical (unpaired) electrons. The van der Waals surface area contributed by atoms with Crippen molar-refractivity contribution in [2.45, 2.75) is 0 Å². The third kappa shape index (κ3) is 3.36. The van der Waals surface area contributed by atoms with Crippen LogP contribution in [0.5, 0.6) is 17.2 Å². The highest BCUT2D eigenvalue weighted by atomic mass is 35.5. The van der Waals surface area contributed by atoms with Crippen molar-refractivity contribution in [2.75, 3.05) is 21.3 Å². The van der Waals surface area contributed by atoms with Crippen molar-refractivity contribution in [3.05, 3.63) is 58.2 Å². The number of halogens is 1. The Balaban J connectivity index is 2.03. The highest BCUT2D eigenvalue weighted by Gasteiger charge is 2.25. The molecule has 1 aliphatic heterocycles. The summed E-state index contributed by atoms with van der Waals surface area (Å²) in [5.41, 5.74) is 1.37. The van der Waals surface area contributed by atoms with E-state index in [2.05, 4.69) is 4.99 Å². The predicted molar refractivity (Wildman–Crippen MR) is 98.2 cm³/mol. The fraction of sp³-hybridized carbons (Fsp3) is 0.158.